The van der Waals surface area contributed by atoms with Gasteiger partial charge in [0.25, 0.3) is 0 Å². The number of nitrogens with one attached hydrogen (secondary N) is 1. The minimum absolute atomic E-state index is 0.142. The van der Waals surface area contributed by atoms with E-state index in [-0.39, 0.29) is 24.2 Å². The van der Waals surface area contributed by atoms with Crippen molar-refractivity contribution >= 4 is 17.1 Å². The fourth-order valence-corrected chi connectivity index (χ4v) is 6.05. The number of hydrogen-bond donors (Lipinski definition) is 2. The number of fused-ring (bicyclic) bond motifs is 4. The van der Waals surface area contributed by atoms with Crippen LogP contribution in [0.5, 0.6) is 5.75 Å². The number of aromatic nitrogens is 2. The lowest BCUT2D eigenvalue weighted by molar-refractivity contribution is 0.101. The molecule has 2 saturated heterocycles. The summed E-state index contributed by atoms with van der Waals surface area (Å²) in [7, 11) is 0. The molecule has 3 aliphatic rings. The number of rotatable bonds is 1. The molecule has 2 aromatic carbocycles. The number of urea groups is 1. The van der Waals surface area contributed by atoms with E-state index in [9.17, 15) is 4.79 Å². The summed E-state index contributed by atoms with van der Waals surface area (Å²) < 4.78 is 6.15. The summed E-state index contributed by atoms with van der Waals surface area (Å²) in [5, 5.41) is 0. The van der Waals surface area contributed by atoms with Crippen LogP contribution in [0.2, 0.25) is 0 Å². The lowest BCUT2D eigenvalue weighted by Crippen LogP contribution is -2.54. The molecule has 7 nitrogen and oxygen atoms in total. The lowest BCUT2D eigenvalue weighted by Gasteiger charge is -2.40. The van der Waals surface area contributed by atoms with Gasteiger partial charge < -0.3 is 25.3 Å². The summed E-state index contributed by atoms with van der Waals surface area (Å²) in [6, 6.07) is 11.6. The molecule has 172 valence electrons. The summed E-state index contributed by atoms with van der Waals surface area (Å²) in [5.41, 5.74) is 12.7. The second-order valence-electron chi connectivity index (χ2n) is 9.91. The first kappa shape index (κ1) is 20.5. The zero-order valence-corrected chi connectivity index (χ0v) is 19.3. The Labute approximate surface area is 193 Å². The average Bonchev–Trinajstić information content (AvgIpc) is 3.18. The van der Waals surface area contributed by atoms with Crippen molar-refractivity contribution in [3.63, 3.8) is 0 Å². The average molecular weight is 446 g/mol. The first-order valence-electron chi connectivity index (χ1n) is 12.0. The number of imidazole rings is 1. The summed E-state index contributed by atoms with van der Waals surface area (Å²) in [6.45, 7) is 5.74. The van der Waals surface area contributed by atoms with Crippen LogP contribution >= 0.6 is 0 Å². The van der Waals surface area contributed by atoms with Gasteiger partial charge in [-0.25, -0.2) is 9.78 Å². The highest BCUT2D eigenvalue weighted by Gasteiger charge is 2.44. The number of benzene rings is 2. The van der Waals surface area contributed by atoms with Gasteiger partial charge in [0.2, 0.25) is 0 Å². The van der Waals surface area contributed by atoms with E-state index in [1.807, 2.05) is 11.8 Å². The van der Waals surface area contributed by atoms with Crippen molar-refractivity contribution in [3.8, 4) is 16.9 Å². The number of piperidine rings is 1. The molecule has 2 atom stereocenters. The molecule has 3 aliphatic heterocycles. The van der Waals surface area contributed by atoms with Crippen molar-refractivity contribution in [3.05, 3.63) is 47.3 Å². The van der Waals surface area contributed by atoms with Crippen LogP contribution in [0.3, 0.4) is 0 Å². The fraction of sp³-hybridized carbons (Fsp3) is 0.462. The SMILES string of the molecule is Cc1nc2ccc(-c3cc(C)c4c(c3)CN(C(=O)N3C5CCC3CC(N)C5)CCO4)cc2[nH]1. The summed E-state index contributed by atoms with van der Waals surface area (Å²) >= 11 is 0. The van der Waals surface area contributed by atoms with Gasteiger partial charge in [-0.05, 0) is 80.5 Å². The Morgan fingerprint density at radius 2 is 1.91 bits per heavy atom. The fourth-order valence-electron chi connectivity index (χ4n) is 6.05. The number of nitrogens with two attached hydrogens (primary N) is 1. The van der Waals surface area contributed by atoms with E-state index in [1.54, 1.807) is 0 Å². The Kier molecular flexibility index (Phi) is 4.83. The summed E-state index contributed by atoms with van der Waals surface area (Å²) in [4.78, 5) is 25.6. The maximum absolute atomic E-state index is 13.6. The monoisotopic (exact) mass is 445 g/mol. The van der Waals surface area contributed by atoms with Crippen molar-refractivity contribution in [1.29, 1.82) is 0 Å². The molecule has 0 saturated carbocycles. The molecule has 0 aliphatic carbocycles. The van der Waals surface area contributed by atoms with Gasteiger partial charge in [-0.15, -0.1) is 0 Å². The maximum atomic E-state index is 13.6. The molecule has 4 heterocycles. The van der Waals surface area contributed by atoms with Gasteiger partial charge in [0.05, 0.1) is 24.1 Å². The third-order valence-corrected chi connectivity index (χ3v) is 7.51. The first-order valence-corrected chi connectivity index (χ1v) is 12.0. The topological polar surface area (TPSA) is 87.5 Å². The van der Waals surface area contributed by atoms with E-state index in [0.29, 0.717) is 19.7 Å². The van der Waals surface area contributed by atoms with Crippen molar-refractivity contribution < 1.29 is 9.53 Å². The van der Waals surface area contributed by atoms with E-state index in [2.05, 4.69) is 52.1 Å². The molecule has 3 aromatic rings. The second-order valence-corrected chi connectivity index (χ2v) is 9.91. The van der Waals surface area contributed by atoms with Crippen LogP contribution in [-0.4, -0.2) is 57.1 Å². The molecule has 2 unspecified atom stereocenters. The van der Waals surface area contributed by atoms with E-state index >= 15 is 0 Å². The zero-order chi connectivity index (χ0) is 22.7. The number of aryl methyl sites for hydroxylation is 2. The summed E-state index contributed by atoms with van der Waals surface area (Å²) in [5.74, 6) is 1.83. The highest BCUT2D eigenvalue weighted by atomic mass is 16.5. The summed E-state index contributed by atoms with van der Waals surface area (Å²) in [6.07, 6.45) is 3.98. The van der Waals surface area contributed by atoms with Crippen LogP contribution < -0.4 is 10.5 Å². The Morgan fingerprint density at radius 3 is 2.70 bits per heavy atom. The minimum atomic E-state index is 0.142. The number of hydrogen-bond acceptors (Lipinski definition) is 4. The van der Waals surface area contributed by atoms with E-state index < -0.39 is 0 Å². The lowest BCUT2D eigenvalue weighted by atomic mass is 9.98. The van der Waals surface area contributed by atoms with Crippen molar-refractivity contribution in [2.24, 2.45) is 5.73 Å². The molecular formula is C26H31N5O2. The predicted octanol–water partition coefficient (Wildman–Crippen LogP) is 4.12. The number of amides is 2. The van der Waals surface area contributed by atoms with Crippen LogP contribution in [0.4, 0.5) is 4.79 Å². The highest BCUT2D eigenvalue weighted by molar-refractivity contribution is 5.83. The number of ether oxygens (including phenoxy) is 1. The van der Waals surface area contributed by atoms with Crippen molar-refractivity contribution in [2.45, 2.75) is 64.2 Å². The third kappa shape index (κ3) is 3.55. The number of nitrogens with zero attached hydrogens (tertiary/aromatic N) is 3. The standard InChI is InChI=1S/C26H31N5O2/c1-15-9-18(17-3-6-23-24(11-17)29-16(2)28-23)10-19-14-30(7-8-33-25(15)19)26(32)31-21-4-5-22(31)13-20(27)12-21/h3,6,9-11,20-22H,4-5,7-8,12-14,27H2,1-2H3,(H,28,29). The Bertz CT molecular complexity index is 1220. The van der Waals surface area contributed by atoms with Gasteiger partial charge in [-0.2, -0.15) is 0 Å². The molecule has 2 fully saturated rings. The quantitative estimate of drug-likeness (QED) is 0.590. The van der Waals surface area contributed by atoms with Crippen LogP contribution in [0.1, 0.15) is 42.6 Å². The van der Waals surface area contributed by atoms with Gasteiger partial charge in [0, 0.05) is 23.7 Å². The number of H-pyrrole nitrogens is 1. The molecule has 2 amide bonds. The van der Waals surface area contributed by atoms with Gasteiger partial charge in [-0.3, -0.25) is 0 Å². The second kappa shape index (κ2) is 7.76. The normalized spacial score (nSPS) is 24.5. The van der Waals surface area contributed by atoms with Gasteiger partial charge in [-0.1, -0.05) is 6.07 Å². The molecule has 3 N–H and O–H groups in total. The van der Waals surface area contributed by atoms with Gasteiger partial charge in [0.15, 0.2) is 0 Å². The molecular weight excluding hydrogens is 414 g/mol. The van der Waals surface area contributed by atoms with E-state index in [4.69, 9.17) is 10.5 Å². The molecule has 1 aromatic heterocycles. The van der Waals surface area contributed by atoms with Crippen molar-refractivity contribution in [1.82, 2.24) is 19.8 Å². The molecule has 2 bridgehead atoms. The molecule has 6 rings (SSSR count). The highest BCUT2D eigenvalue weighted by Crippen LogP contribution is 2.38. The number of carbonyl (C=O) groups is 1. The first-order chi connectivity index (χ1) is 16.0. The Balaban J connectivity index is 1.31. The van der Waals surface area contributed by atoms with Crippen LogP contribution in [0.15, 0.2) is 30.3 Å². The largest absolute Gasteiger partial charge is 0.491 e. The predicted molar refractivity (Wildman–Crippen MR) is 128 cm³/mol. The van der Waals surface area contributed by atoms with Crippen LogP contribution in [-0.2, 0) is 6.54 Å². The Hall–Kier alpha value is -3.06. The minimum Gasteiger partial charge on any atom is -0.491 e. The number of aromatic amines is 1. The molecule has 33 heavy (non-hydrogen) atoms. The van der Waals surface area contributed by atoms with E-state index in [0.717, 1.165) is 70.5 Å². The molecule has 7 heteroatoms. The smallest absolute Gasteiger partial charge is 0.320 e. The van der Waals surface area contributed by atoms with Gasteiger partial charge in [0.1, 0.15) is 18.2 Å². The number of carbonyl (C=O) groups excluding carboxylic acids is 1. The molecule has 0 radical (unpaired) electrons. The van der Waals surface area contributed by atoms with Crippen LogP contribution in [0.25, 0.3) is 22.2 Å². The molecule has 0 spiro atoms. The van der Waals surface area contributed by atoms with Crippen LogP contribution in [0, 0.1) is 13.8 Å². The van der Waals surface area contributed by atoms with Gasteiger partial charge >= 0.3 is 6.03 Å². The maximum Gasteiger partial charge on any atom is 0.320 e. The van der Waals surface area contributed by atoms with E-state index in [1.165, 1.54) is 0 Å². The van der Waals surface area contributed by atoms with Crippen molar-refractivity contribution in [2.75, 3.05) is 13.2 Å². The zero-order valence-electron chi connectivity index (χ0n) is 19.3. The Morgan fingerprint density at radius 1 is 1.12 bits per heavy atom. The third-order valence-electron chi connectivity index (χ3n) is 7.51.